The summed E-state index contributed by atoms with van der Waals surface area (Å²) in [5.74, 6) is 0.726. The molecule has 0 bridgehead atoms. The van der Waals surface area contributed by atoms with Gasteiger partial charge in [-0.25, -0.2) is 0 Å². The van der Waals surface area contributed by atoms with Crippen LogP contribution in [-0.2, 0) is 0 Å². The number of ether oxygens (including phenoxy) is 1. The van der Waals surface area contributed by atoms with E-state index >= 15 is 0 Å². The summed E-state index contributed by atoms with van der Waals surface area (Å²) in [6, 6.07) is 3.85. The highest BCUT2D eigenvalue weighted by Crippen LogP contribution is 2.31. The average Bonchev–Trinajstić information content (AvgIpc) is 2.63. The van der Waals surface area contributed by atoms with Crippen LogP contribution in [0, 0.1) is 0 Å². The van der Waals surface area contributed by atoms with E-state index in [0.29, 0.717) is 0 Å². The van der Waals surface area contributed by atoms with E-state index in [2.05, 4.69) is 26.1 Å². The Morgan fingerprint density at radius 1 is 1.50 bits per heavy atom. The molecule has 0 saturated carbocycles. The van der Waals surface area contributed by atoms with Gasteiger partial charge in [0.2, 0.25) is 0 Å². The Morgan fingerprint density at radius 3 is 3.00 bits per heavy atom. The Labute approximate surface area is 81.5 Å². The van der Waals surface area contributed by atoms with Crippen LogP contribution in [0.5, 0.6) is 10.8 Å². The second kappa shape index (κ2) is 3.28. The van der Waals surface area contributed by atoms with Gasteiger partial charge in [0.25, 0.3) is 0 Å². The van der Waals surface area contributed by atoms with Crippen molar-refractivity contribution in [2.75, 3.05) is 0 Å². The van der Waals surface area contributed by atoms with E-state index in [1.165, 1.54) is 11.3 Å². The third-order valence-corrected chi connectivity index (χ3v) is 2.74. The molecule has 0 saturated heterocycles. The first kappa shape index (κ1) is 7.82. The molecule has 0 spiro atoms. The van der Waals surface area contributed by atoms with Gasteiger partial charge in [-0.15, -0.1) is 0 Å². The van der Waals surface area contributed by atoms with E-state index in [9.17, 15) is 0 Å². The van der Waals surface area contributed by atoms with Crippen molar-refractivity contribution in [3.05, 3.63) is 28.3 Å². The minimum Gasteiger partial charge on any atom is -0.443 e. The molecule has 0 fully saturated rings. The van der Waals surface area contributed by atoms with Gasteiger partial charge in [0.15, 0.2) is 10.8 Å². The summed E-state index contributed by atoms with van der Waals surface area (Å²) in [6.07, 6.45) is 3.33. The van der Waals surface area contributed by atoms with Gasteiger partial charge in [-0.1, -0.05) is 11.3 Å². The highest BCUT2D eigenvalue weighted by Gasteiger charge is 2.00. The summed E-state index contributed by atoms with van der Waals surface area (Å²) >= 11 is 4.89. The van der Waals surface area contributed by atoms with Crippen LogP contribution in [0.4, 0.5) is 0 Å². The van der Waals surface area contributed by atoms with E-state index in [-0.39, 0.29) is 0 Å². The molecule has 0 aromatic carbocycles. The molecule has 3 nitrogen and oxygen atoms in total. The molecular weight excluding hydrogens is 240 g/mol. The number of nitrogens with one attached hydrogen (secondary N) is 1. The van der Waals surface area contributed by atoms with Crippen molar-refractivity contribution in [2.45, 2.75) is 0 Å². The summed E-state index contributed by atoms with van der Waals surface area (Å²) in [5, 5.41) is 7.29. The van der Waals surface area contributed by atoms with Crippen molar-refractivity contribution in [1.82, 2.24) is 10.2 Å². The Kier molecular flexibility index (Phi) is 2.14. The zero-order chi connectivity index (χ0) is 8.39. The lowest BCUT2D eigenvalue weighted by Crippen LogP contribution is -1.74. The Balaban J connectivity index is 2.14. The lowest BCUT2D eigenvalue weighted by Gasteiger charge is -1.95. The zero-order valence-corrected chi connectivity index (χ0v) is 8.35. The zero-order valence-electron chi connectivity index (χ0n) is 5.95. The molecule has 5 heteroatoms. The molecule has 62 valence electrons. The third kappa shape index (κ3) is 1.67. The number of rotatable bonds is 2. The Bertz CT molecular complexity index is 357. The summed E-state index contributed by atoms with van der Waals surface area (Å²) in [6.45, 7) is 0. The van der Waals surface area contributed by atoms with Crippen LogP contribution in [0.3, 0.4) is 0 Å². The van der Waals surface area contributed by atoms with Crippen LogP contribution in [0.15, 0.2) is 28.3 Å². The lowest BCUT2D eigenvalue weighted by molar-refractivity contribution is 0.497. The van der Waals surface area contributed by atoms with Gasteiger partial charge in [0, 0.05) is 0 Å². The number of thiophene rings is 1. The number of nitrogens with zero attached hydrogens (tertiary/aromatic N) is 1. The molecule has 0 atom stereocenters. The molecule has 2 aromatic rings. The standard InChI is InChI=1S/C7H5BrN2OS/c8-6-1-2-7(12-6)11-5-3-9-10-4-5/h1-4H,(H,9,10). The predicted octanol–water partition coefficient (Wildman–Crippen LogP) is 3.03. The lowest BCUT2D eigenvalue weighted by atomic mass is 10.6. The molecule has 2 aromatic heterocycles. The molecule has 2 heterocycles. The molecular formula is C7H5BrN2OS. The first-order valence-corrected chi connectivity index (χ1v) is 4.87. The van der Waals surface area contributed by atoms with Crippen LogP contribution in [-0.4, -0.2) is 10.2 Å². The normalized spacial score (nSPS) is 10.1. The second-order valence-corrected chi connectivity index (χ2v) is 4.52. The van der Waals surface area contributed by atoms with Crippen molar-refractivity contribution >= 4 is 27.3 Å². The maximum Gasteiger partial charge on any atom is 0.182 e. The number of hydrogen-bond donors (Lipinski definition) is 1. The molecule has 0 unspecified atom stereocenters. The van der Waals surface area contributed by atoms with Gasteiger partial charge >= 0.3 is 0 Å². The smallest absolute Gasteiger partial charge is 0.182 e. The minimum absolute atomic E-state index is 0.726. The summed E-state index contributed by atoms with van der Waals surface area (Å²) in [7, 11) is 0. The Morgan fingerprint density at radius 2 is 2.42 bits per heavy atom. The third-order valence-electron chi connectivity index (χ3n) is 1.24. The summed E-state index contributed by atoms with van der Waals surface area (Å²) in [4.78, 5) is 0. The summed E-state index contributed by atoms with van der Waals surface area (Å²) in [5.41, 5.74) is 0. The van der Waals surface area contributed by atoms with Crippen molar-refractivity contribution in [1.29, 1.82) is 0 Å². The highest BCUT2D eigenvalue weighted by atomic mass is 79.9. The molecule has 2 rings (SSSR count). The van der Waals surface area contributed by atoms with Crippen LogP contribution in [0.25, 0.3) is 0 Å². The van der Waals surface area contributed by atoms with Crippen LogP contribution < -0.4 is 4.74 Å². The van der Waals surface area contributed by atoms with Crippen molar-refractivity contribution < 1.29 is 4.74 Å². The fraction of sp³-hybridized carbons (Fsp3) is 0. The molecule has 0 aliphatic carbocycles. The maximum atomic E-state index is 5.43. The fourth-order valence-electron chi connectivity index (χ4n) is 0.764. The van der Waals surface area contributed by atoms with E-state index in [0.717, 1.165) is 14.6 Å². The van der Waals surface area contributed by atoms with Gasteiger partial charge in [-0.05, 0) is 28.1 Å². The van der Waals surface area contributed by atoms with Crippen LogP contribution >= 0.6 is 27.3 Å². The number of hydrogen-bond acceptors (Lipinski definition) is 3. The van der Waals surface area contributed by atoms with E-state index < -0.39 is 0 Å². The second-order valence-electron chi connectivity index (χ2n) is 2.09. The van der Waals surface area contributed by atoms with Gasteiger partial charge in [-0.3, -0.25) is 5.10 Å². The van der Waals surface area contributed by atoms with Crippen molar-refractivity contribution in [2.24, 2.45) is 0 Å². The molecule has 1 N–H and O–H groups in total. The van der Waals surface area contributed by atoms with Gasteiger partial charge in [0.05, 0.1) is 16.2 Å². The number of aromatic nitrogens is 2. The van der Waals surface area contributed by atoms with Crippen LogP contribution in [0.1, 0.15) is 0 Å². The summed E-state index contributed by atoms with van der Waals surface area (Å²) < 4.78 is 6.49. The van der Waals surface area contributed by atoms with Gasteiger partial charge < -0.3 is 4.74 Å². The largest absolute Gasteiger partial charge is 0.443 e. The molecule has 0 amide bonds. The van der Waals surface area contributed by atoms with Crippen molar-refractivity contribution in [3.63, 3.8) is 0 Å². The van der Waals surface area contributed by atoms with Gasteiger partial charge in [-0.2, -0.15) is 5.10 Å². The minimum atomic E-state index is 0.726. The van der Waals surface area contributed by atoms with Crippen LogP contribution in [0.2, 0.25) is 0 Å². The predicted molar refractivity (Wildman–Crippen MR) is 50.7 cm³/mol. The average molecular weight is 245 g/mol. The maximum absolute atomic E-state index is 5.43. The molecule has 0 radical (unpaired) electrons. The quantitative estimate of drug-likeness (QED) is 0.882. The van der Waals surface area contributed by atoms with E-state index in [4.69, 9.17) is 4.74 Å². The van der Waals surface area contributed by atoms with E-state index in [1.807, 2.05) is 12.1 Å². The topological polar surface area (TPSA) is 37.9 Å². The van der Waals surface area contributed by atoms with Crippen molar-refractivity contribution in [3.8, 4) is 10.8 Å². The SMILES string of the molecule is Brc1ccc(Oc2cn[nH]c2)s1. The monoisotopic (exact) mass is 244 g/mol. The van der Waals surface area contributed by atoms with E-state index in [1.54, 1.807) is 12.4 Å². The number of halogens is 1. The molecule has 0 aliphatic heterocycles. The highest BCUT2D eigenvalue weighted by molar-refractivity contribution is 9.11. The first-order chi connectivity index (χ1) is 5.84. The van der Waals surface area contributed by atoms with Gasteiger partial charge in [0.1, 0.15) is 0 Å². The fourth-order valence-corrected chi connectivity index (χ4v) is 1.98. The number of H-pyrrole nitrogens is 1. The first-order valence-electron chi connectivity index (χ1n) is 3.26. The molecule has 12 heavy (non-hydrogen) atoms. The molecule has 0 aliphatic rings. The number of aromatic amines is 1. The Hall–Kier alpha value is -0.810.